The van der Waals surface area contributed by atoms with Crippen molar-refractivity contribution >= 4 is 11.7 Å². The molecule has 1 rings (SSSR count). The van der Waals surface area contributed by atoms with E-state index in [1.54, 1.807) is 6.92 Å². The number of esters is 1. The fourth-order valence-corrected chi connectivity index (χ4v) is 1.17. The van der Waals surface area contributed by atoms with E-state index in [-0.39, 0.29) is 6.61 Å². The molecule has 0 atom stereocenters. The Morgan fingerprint density at radius 2 is 2.00 bits per heavy atom. The lowest BCUT2D eigenvalue weighted by atomic mass is 10.1. The molecule has 0 unspecified atom stereocenters. The number of nitrogens with one attached hydrogen (secondary N) is 1. The van der Waals surface area contributed by atoms with Gasteiger partial charge in [0.2, 0.25) is 0 Å². The van der Waals surface area contributed by atoms with Crippen LogP contribution in [0.15, 0.2) is 42.5 Å². The van der Waals surface area contributed by atoms with Gasteiger partial charge in [-0.25, -0.2) is 4.79 Å². The lowest BCUT2D eigenvalue weighted by Crippen LogP contribution is -2.15. The van der Waals surface area contributed by atoms with E-state index in [0.29, 0.717) is 17.7 Å². The molecular formula is C13H15NO2. The lowest BCUT2D eigenvalue weighted by Gasteiger charge is -2.05. The molecule has 0 aromatic heterocycles. The highest BCUT2D eigenvalue weighted by Crippen LogP contribution is 2.01. The summed E-state index contributed by atoms with van der Waals surface area (Å²) < 4.78 is 4.87. The van der Waals surface area contributed by atoms with E-state index in [1.807, 2.05) is 30.3 Å². The van der Waals surface area contributed by atoms with Crippen molar-refractivity contribution in [1.82, 2.24) is 0 Å². The summed E-state index contributed by atoms with van der Waals surface area (Å²) in [5, 5.41) is 7.65. The summed E-state index contributed by atoms with van der Waals surface area (Å²) in [6, 6.07) is 9.64. The van der Waals surface area contributed by atoms with E-state index in [1.165, 1.54) is 0 Å². The van der Waals surface area contributed by atoms with E-state index in [2.05, 4.69) is 6.58 Å². The Bertz CT molecular complexity index is 396. The Morgan fingerprint density at radius 3 is 2.56 bits per heavy atom. The van der Waals surface area contributed by atoms with E-state index in [4.69, 9.17) is 10.1 Å². The van der Waals surface area contributed by atoms with Gasteiger partial charge in [0.15, 0.2) is 0 Å². The Labute approximate surface area is 95.3 Å². The number of rotatable bonds is 5. The Morgan fingerprint density at radius 1 is 1.38 bits per heavy atom. The second-order valence-electron chi connectivity index (χ2n) is 3.62. The van der Waals surface area contributed by atoms with Crippen LogP contribution >= 0.6 is 0 Å². The largest absolute Gasteiger partial charge is 0.456 e. The van der Waals surface area contributed by atoms with Gasteiger partial charge in [-0.2, -0.15) is 0 Å². The topological polar surface area (TPSA) is 50.2 Å². The van der Waals surface area contributed by atoms with Gasteiger partial charge in [0.1, 0.15) is 6.61 Å². The van der Waals surface area contributed by atoms with Crippen LogP contribution < -0.4 is 0 Å². The molecule has 1 aromatic carbocycles. The molecule has 1 aromatic rings. The molecule has 0 heterocycles. The second kappa shape index (κ2) is 5.85. The second-order valence-corrected chi connectivity index (χ2v) is 3.62. The first-order valence-corrected chi connectivity index (χ1v) is 5.02. The van der Waals surface area contributed by atoms with Crippen molar-refractivity contribution in [3.63, 3.8) is 0 Å². The first-order valence-electron chi connectivity index (χ1n) is 5.02. The predicted octanol–water partition coefficient (Wildman–Crippen LogP) is 2.37. The number of hydrogen-bond acceptors (Lipinski definition) is 3. The van der Waals surface area contributed by atoms with Crippen LogP contribution in [-0.4, -0.2) is 18.3 Å². The molecule has 1 N–H and O–H groups in total. The Kier molecular flexibility index (Phi) is 4.45. The van der Waals surface area contributed by atoms with E-state index < -0.39 is 5.97 Å². The highest BCUT2D eigenvalue weighted by Gasteiger charge is 2.05. The Balaban J connectivity index is 2.37. The maximum Gasteiger partial charge on any atom is 0.333 e. The molecule has 84 valence electrons. The molecule has 0 fully saturated rings. The maximum absolute atomic E-state index is 11.1. The van der Waals surface area contributed by atoms with Gasteiger partial charge in [0.25, 0.3) is 0 Å². The third-order valence-electron chi connectivity index (χ3n) is 1.99. The highest BCUT2D eigenvalue weighted by atomic mass is 16.5. The van der Waals surface area contributed by atoms with Gasteiger partial charge in [-0.15, -0.1) is 0 Å². The molecule has 0 amide bonds. The first kappa shape index (κ1) is 12.2. The quantitative estimate of drug-likeness (QED) is 0.467. The van der Waals surface area contributed by atoms with Gasteiger partial charge in [-0.05, 0) is 12.5 Å². The molecule has 0 spiro atoms. The van der Waals surface area contributed by atoms with Crippen molar-refractivity contribution in [3.05, 3.63) is 48.0 Å². The summed E-state index contributed by atoms with van der Waals surface area (Å²) in [4.78, 5) is 11.1. The van der Waals surface area contributed by atoms with Gasteiger partial charge in [0, 0.05) is 12.0 Å². The lowest BCUT2D eigenvalue weighted by molar-refractivity contribution is -0.137. The minimum absolute atomic E-state index is 0.0284. The van der Waals surface area contributed by atoms with Gasteiger partial charge in [-0.3, -0.25) is 0 Å². The summed E-state index contributed by atoms with van der Waals surface area (Å²) in [6.07, 6.45) is 0.504. The first-order chi connectivity index (χ1) is 7.59. The highest BCUT2D eigenvalue weighted by molar-refractivity contribution is 5.91. The third kappa shape index (κ3) is 4.09. The number of benzene rings is 1. The number of carbonyl (C=O) groups excluding carboxylic acids is 1. The van der Waals surface area contributed by atoms with E-state index in [0.717, 1.165) is 5.56 Å². The van der Waals surface area contributed by atoms with Gasteiger partial charge < -0.3 is 10.1 Å². The summed E-state index contributed by atoms with van der Waals surface area (Å²) in [7, 11) is 0. The fraction of sp³-hybridized carbons (Fsp3) is 0.231. The van der Waals surface area contributed by atoms with Crippen LogP contribution in [0.25, 0.3) is 0 Å². The van der Waals surface area contributed by atoms with Crippen LogP contribution in [0.2, 0.25) is 0 Å². The predicted molar refractivity (Wildman–Crippen MR) is 63.6 cm³/mol. The molecule has 0 radical (unpaired) electrons. The van der Waals surface area contributed by atoms with Crippen molar-refractivity contribution in [2.45, 2.75) is 13.3 Å². The zero-order chi connectivity index (χ0) is 12.0. The van der Waals surface area contributed by atoms with Crippen molar-refractivity contribution in [2.24, 2.45) is 0 Å². The molecule has 0 bridgehead atoms. The Hall–Kier alpha value is -1.90. The number of carbonyl (C=O) groups is 1. The van der Waals surface area contributed by atoms with Gasteiger partial charge in [0.05, 0.1) is 5.71 Å². The molecule has 0 aliphatic heterocycles. The minimum atomic E-state index is -0.446. The van der Waals surface area contributed by atoms with E-state index >= 15 is 0 Å². The van der Waals surface area contributed by atoms with Crippen LogP contribution in [0.3, 0.4) is 0 Å². The standard InChI is InChI=1S/C13H15NO2/c1-10(2)13(15)16-9-12(14)8-11-6-4-3-5-7-11/h3-7,14H,1,8-9H2,2H3. The molecule has 3 heteroatoms. The van der Waals surface area contributed by atoms with E-state index in [9.17, 15) is 4.79 Å². The molecular weight excluding hydrogens is 202 g/mol. The minimum Gasteiger partial charge on any atom is -0.456 e. The molecule has 0 aliphatic rings. The SMILES string of the molecule is C=C(C)C(=O)OCC(=N)Cc1ccccc1. The van der Waals surface area contributed by atoms with Crippen molar-refractivity contribution in [3.8, 4) is 0 Å². The van der Waals surface area contributed by atoms with Crippen molar-refractivity contribution in [2.75, 3.05) is 6.61 Å². The van der Waals surface area contributed by atoms with Crippen LogP contribution in [0.5, 0.6) is 0 Å². The average molecular weight is 217 g/mol. The molecule has 3 nitrogen and oxygen atoms in total. The molecule has 16 heavy (non-hydrogen) atoms. The monoisotopic (exact) mass is 217 g/mol. The van der Waals surface area contributed by atoms with Gasteiger partial charge >= 0.3 is 5.97 Å². The molecule has 0 aliphatic carbocycles. The summed E-state index contributed by atoms with van der Waals surface area (Å²) in [5.41, 5.74) is 1.77. The third-order valence-corrected chi connectivity index (χ3v) is 1.99. The van der Waals surface area contributed by atoms with Crippen LogP contribution in [0.1, 0.15) is 12.5 Å². The molecule has 0 saturated heterocycles. The summed E-state index contributed by atoms with van der Waals surface area (Å²) in [5.74, 6) is -0.446. The zero-order valence-corrected chi connectivity index (χ0v) is 9.32. The number of hydrogen-bond donors (Lipinski definition) is 1. The van der Waals surface area contributed by atoms with Crippen LogP contribution in [0.4, 0.5) is 0 Å². The maximum atomic E-state index is 11.1. The fourth-order valence-electron chi connectivity index (χ4n) is 1.17. The van der Waals surface area contributed by atoms with Crippen LogP contribution in [0, 0.1) is 5.41 Å². The smallest absolute Gasteiger partial charge is 0.333 e. The summed E-state index contributed by atoms with van der Waals surface area (Å²) >= 11 is 0. The summed E-state index contributed by atoms with van der Waals surface area (Å²) in [6.45, 7) is 5.09. The van der Waals surface area contributed by atoms with Crippen molar-refractivity contribution in [1.29, 1.82) is 5.41 Å². The average Bonchev–Trinajstić information content (AvgIpc) is 2.27. The number of ether oxygens (including phenoxy) is 1. The van der Waals surface area contributed by atoms with Gasteiger partial charge in [-0.1, -0.05) is 36.9 Å². The van der Waals surface area contributed by atoms with Crippen LogP contribution in [-0.2, 0) is 16.0 Å². The van der Waals surface area contributed by atoms with Crippen molar-refractivity contribution < 1.29 is 9.53 Å². The normalized spacial score (nSPS) is 9.56. The zero-order valence-electron chi connectivity index (χ0n) is 9.32. The molecule has 0 saturated carbocycles.